The predicted molar refractivity (Wildman–Crippen MR) is 74.2 cm³/mol. The van der Waals surface area contributed by atoms with Crippen molar-refractivity contribution in [3.05, 3.63) is 23.9 Å². The molecule has 0 unspecified atom stereocenters. The van der Waals surface area contributed by atoms with E-state index in [1.807, 2.05) is 12.3 Å². The van der Waals surface area contributed by atoms with E-state index in [0.717, 1.165) is 38.4 Å². The van der Waals surface area contributed by atoms with Crippen LogP contribution < -0.4 is 5.32 Å². The van der Waals surface area contributed by atoms with Crippen molar-refractivity contribution in [2.75, 3.05) is 25.0 Å². The van der Waals surface area contributed by atoms with E-state index in [1.54, 1.807) is 0 Å². The molecule has 0 amide bonds. The molecular formula is C14H22N4. The molecule has 18 heavy (non-hydrogen) atoms. The van der Waals surface area contributed by atoms with Gasteiger partial charge in [0.2, 0.25) is 0 Å². The Hall–Kier alpha value is -1.60. The van der Waals surface area contributed by atoms with Crippen molar-refractivity contribution >= 4 is 5.82 Å². The van der Waals surface area contributed by atoms with Gasteiger partial charge in [0.15, 0.2) is 0 Å². The third-order valence-electron chi connectivity index (χ3n) is 2.77. The van der Waals surface area contributed by atoms with Gasteiger partial charge in [0.05, 0.1) is 6.07 Å². The Morgan fingerprint density at radius 3 is 2.78 bits per heavy atom. The molecule has 4 heteroatoms. The van der Waals surface area contributed by atoms with Crippen molar-refractivity contribution in [2.24, 2.45) is 0 Å². The molecular weight excluding hydrogens is 224 g/mol. The molecule has 0 aliphatic heterocycles. The van der Waals surface area contributed by atoms with Crippen LogP contribution >= 0.6 is 0 Å². The zero-order valence-corrected chi connectivity index (χ0v) is 11.3. The number of nitriles is 1. The third-order valence-corrected chi connectivity index (χ3v) is 2.77. The highest BCUT2D eigenvalue weighted by molar-refractivity contribution is 5.35. The van der Waals surface area contributed by atoms with Crippen LogP contribution in [0, 0.1) is 11.3 Å². The predicted octanol–water partition coefficient (Wildman–Crippen LogP) is 2.64. The van der Waals surface area contributed by atoms with Crippen molar-refractivity contribution in [1.82, 2.24) is 9.88 Å². The van der Waals surface area contributed by atoms with E-state index < -0.39 is 0 Å². The van der Waals surface area contributed by atoms with Gasteiger partial charge in [0.1, 0.15) is 5.82 Å². The van der Waals surface area contributed by atoms with Crippen molar-refractivity contribution in [3.8, 4) is 6.07 Å². The summed E-state index contributed by atoms with van der Waals surface area (Å²) < 4.78 is 0. The van der Waals surface area contributed by atoms with Crippen molar-refractivity contribution < 1.29 is 0 Å². The lowest BCUT2D eigenvalue weighted by molar-refractivity contribution is 0.286. The van der Waals surface area contributed by atoms with E-state index >= 15 is 0 Å². The SMILES string of the molecule is CCCNc1ccc(CN(CC)CCC#N)cn1. The summed E-state index contributed by atoms with van der Waals surface area (Å²) in [5, 5.41) is 11.9. The van der Waals surface area contributed by atoms with E-state index in [9.17, 15) is 0 Å². The topological polar surface area (TPSA) is 52.0 Å². The van der Waals surface area contributed by atoms with Gasteiger partial charge in [-0.2, -0.15) is 5.26 Å². The van der Waals surface area contributed by atoms with Crippen LogP contribution in [0.25, 0.3) is 0 Å². The largest absolute Gasteiger partial charge is 0.370 e. The molecule has 0 aromatic carbocycles. The second-order valence-electron chi connectivity index (χ2n) is 4.26. The summed E-state index contributed by atoms with van der Waals surface area (Å²) >= 11 is 0. The second kappa shape index (κ2) is 8.48. The lowest BCUT2D eigenvalue weighted by Gasteiger charge is -2.18. The molecule has 0 fully saturated rings. The van der Waals surface area contributed by atoms with E-state index in [0.29, 0.717) is 6.42 Å². The lowest BCUT2D eigenvalue weighted by atomic mass is 10.2. The van der Waals surface area contributed by atoms with E-state index in [4.69, 9.17) is 5.26 Å². The maximum Gasteiger partial charge on any atom is 0.125 e. The fourth-order valence-corrected chi connectivity index (χ4v) is 1.69. The molecule has 4 nitrogen and oxygen atoms in total. The Morgan fingerprint density at radius 2 is 2.22 bits per heavy atom. The first kappa shape index (κ1) is 14.5. The van der Waals surface area contributed by atoms with Crippen molar-refractivity contribution in [3.63, 3.8) is 0 Å². The zero-order valence-electron chi connectivity index (χ0n) is 11.3. The van der Waals surface area contributed by atoms with Gasteiger partial charge in [-0.15, -0.1) is 0 Å². The minimum atomic E-state index is 0.581. The summed E-state index contributed by atoms with van der Waals surface area (Å²) in [7, 11) is 0. The van der Waals surface area contributed by atoms with Crippen LogP contribution in [0.5, 0.6) is 0 Å². The van der Waals surface area contributed by atoms with E-state index in [-0.39, 0.29) is 0 Å². The van der Waals surface area contributed by atoms with Gasteiger partial charge in [0.25, 0.3) is 0 Å². The molecule has 0 aliphatic carbocycles. The number of anilines is 1. The Labute approximate surface area is 110 Å². The third kappa shape index (κ3) is 5.15. The monoisotopic (exact) mass is 246 g/mol. The summed E-state index contributed by atoms with van der Waals surface area (Å²) in [6.07, 6.45) is 3.59. The number of hydrogen-bond acceptors (Lipinski definition) is 4. The first-order valence-electron chi connectivity index (χ1n) is 6.58. The number of pyridine rings is 1. The molecule has 1 N–H and O–H groups in total. The molecule has 0 saturated heterocycles. The minimum absolute atomic E-state index is 0.581. The maximum atomic E-state index is 8.60. The van der Waals surface area contributed by atoms with Crippen molar-refractivity contribution in [2.45, 2.75) is 33.2 Å². The smallest absolute Gasteiger partial charge is 0.125 e. The minimum Gasteiger partial charge on any atom is -0.370 e. The molecule has 0 bridgehead atoms. The maximum absolute atomic E-state index is 8.60. The van der Waals surface area contributed by atoms with Crippen LogP contribution in [0.4, 0.5) is 5.82 Å². The van der Waals surface area contributed by atoms with Gasteiger partial charge < -0.3 is 5.32 Å². The Balaban J connectivity index is 2.48. The summed E-state index contributed by atoms with van der Waals surface area (Å²) in [5.74, 6) is 0.931. The summed E-state index contributed by atoms with van der Waals surface area (Å²) in [6, 6.07) is 6.30. The number of hydrogen-bond donors (Lipinski definition) is 1. The average Bonchev–Trinajstić information content (AvgIpc) is 2.42. The van der Waals surface area contributed by atoms with Crippen LogP contribution in [0.1, 0.15) is 32.3 Å². The van der Waals surface area contributed by atoms with Crippen molar-refractivity contribution in [1.29, 1.82) is 5.26 Å². The molecule has 0 radical (unpaired) electrons. The fraction of sp³-hybridized carbons (Fsp3) is 0.571. The van der Waals surface area contributed by atoms with Crippen LogP contribution in [-0.4, -0.2) is 29.5 Å². The zero-order chi connectivity index (χ0) is 13.2. The quantitative estimate of drug-likeness (QED) is 0.766. The van der Waals surface area contributed by atoms with E-state index in [1.165, 1.54) is 5.56 Å². The second-order valence-corrected chi connectivity index (χ2v) is 4.26. The van der Waals surface area contributed by atoms with Gasteiger partial charge in [0, 0.05) is 32.3 Å². The number of aromatic nitrogens is 1. The van der Waals surface area contributed by atoms with Gasteiger partial charge in [-0.1, -0.05) is 19.9 Å². The molecule has 0 atom stereocenters. The molecule has 98 valence electrons. The van der Waals surface area contributed by atoms with Gasteiger partial charge in [-0.25, -0.2) is 4.98 Å². The summed E-state index contributed by atoms with van der Waals surface area (Å²) in [6.45, 7) is 7.84. The van der Waals surface area contributed by atoms with Crippen LogP contribution in [0.3, 0.4) is 0 Å². The first-order valence-corrected chi connectivity index (χ1v) is 6.58. The molecule has 0 saturated carbocycles. The first-order chi connectivity index (χ1) is 8.80. The molecule has 0 spiro atoms. The molecule has 1 aromatic rings. The number of nitrogens with zero attached hydrogens (tertiary/aromatic N) is 3. The highest BCUT2D eigenvalue weighted by atomic mass is 15.1. The van der Waals surface area contributed by atoms with Gasteiger partial charge in [-0.3, -0.25) is 4.90 Å². The van der Waals surface area contributed by atoms with Crippen LogP contribution in [-0.2, 0) is 6.54 Å². The highest BCUT2D eigenvalue weighted by Gasteiger charge is 2.03. The van der Waals surface area contributed by atoms with E-state index in [2.05, 4.69) is 41.2 Å². The summed E-state index contributed by atoms with van der Waals surface area (Å²) in [4.78, 5) is 6.63. The van der Waals surface area contributed by atoms with Gasteiger partial charge in [-0.05, 0) is 24.6 Å². The molecule has 1 aromatic heterocycles. The molecule has 1 rings (SSSR count). The Kier molecular flexibility index (Phi) is 6.82. The Bertz CT molecular complexity index is 366. The van der Waals surface area contributed by atoms with Crippen LogP contribution in [0.15, 0.2) is 18.3 Å². The lowest BCUT2D eigenvalue weighted by Crippen LogP contribution is -2.23. The fourth-order valence-electron chi connectivity index (χ4n) is 1.69. The molecule has 1 heterocycles. The Morgan fingerprint density at radius 1 is 1.39 bits per heavy atom. The average molecular weight is 246 g/mol. The highest BCUT2D eigenvalue weighted by Crippen LogP contribution is 2.08. The summed E-state index contributed by atoms with van der Waals surface area (Å²) in [5.41, 5.74) is 1.19. The standard InChI is InChI=1S/C14H22N4/c1-3-9-16-14-7-6-13(11-17-14)12-18(4-2)10-5-8-15/h6-7,11H,3-5,9-10,12H2,1-2H3,(H,16,17). The number of nitrogens with one attached hydrogen (secondary N) is 1. The van der Waals surface area contributed by atoms with Crippen LogP contribution in [0.2, 0.25) is 0 Å². The molecule has 0 aliphatic rings. The number of rotatable bonds is 8. The van der Waals surface area contributed by atoms with Gasteiger partial charge >= 0.3 is 0 Å². The normalized spacial score (nSPS) is 10.3.